The Hall–Kier alpha value is -2.62. The zero-order chi connectivity index (χ0) is 14.5. The summed E-state index contributed by atoms with van der Waals surface area (Å²) in [6.07, 6.45) is 3.80. The van der Waals surface area contributed by atoms with Gasteiger partial charge in [0.2, 0.25) is 0 Å². The highest BCUT2D eigenvalue weighted by Crippen LogP contribution is 2.19. The van der Waals surface area contributed by atoms with Crippen molar-refractivity contribution in [3.8, 4) is 0 Å². The molecule has 0 aliphatic heterocycles. The lowest BCUT2D eigenvalue weighted by Gasteiger charge is -2.01. The molecule has 1 N–H and O–H groups in total. The van der Waals surface area contributed by atoms with Crippen LogP contribution in [0.2, 0.25) is 0 Å². The molecule has 0 bridgehead atoms. The molecule has 0 amide bonds. The molecule has 20 heavy (non-hydrogen) atoms. The number of fused-ring (bicyclic) bond motifs is 1. The number of ether oxygens (including phenoxy) is 1. The van der Waals surface area contributed by atoms with Crippen molar-refractivity contribution in [1.29, 1.82) is 0 Å². The second kappa shape index (κ2) is 6.02. The summed E-state index contributed by atoms with van der Waals surface area (Å²) >= 11 is 0. The normalized spacial score (nSPS) is 10.8. The molecule has 0 saturated heterocycles. The van der Waals surface area contributed by atoms with Crippen LogP contribution in [0.3, 0.4) is 0 Å². The largest absolute Gasteiger partial charge is 0.478 e. The van der Waals surface area contributed by atoms with Gasteiger partial charge in [0, 0.05) is 0 Å². The fraction of sp³-hybridized carbons (Fsp3) is 0.125. The molecule has 2 aromatic rings. The third kappa shape index (κ3) is 3.23. The average molecular weight is 270 g/mol. The van der Waals surface area contributed by atoms with E-state index >= 15 is 0 Å². The lowest BCUT2D eigenvalue weighted by Crippen LogP contribution is -1.96. The Morgan fingerprint density at radius 1 is 1.15 bits per heavy atom. The molecule has 0 fully saturated rings. The number of carbonyl (C=O) groups excluding carboxylic acids is 1. The highest BCUT2D eigenvalue weighted by Gasteiger charge is 2.03. The lowest BCUT2D eigenvalue weighted by molar-refractivity contribution is -0.139. The summed E-state index contributed by atoms with van der Waals surface area (Å²) in [5.41, 5.74) is 1.22. The fourth-order valence-electron chi connectivity index (χ4n) is 1.88. The van der Waals surface area contributed by atoms with E-state index in [1.165, 1.54) is 7.11 Å². The number of benzene rings is 2. The number of hydrogen-bond acceptors (Lipinski definition) is 3. The van der Waals surface area contributed by atoms with Crippen LogP contribution in [0.5, 0.6) is 0 Å². The molecule has 0 heterocycles. The fourth-order valence-corrected chi connectivity index (χ4v) is 1.88. The molecule has 0 aliphatic rings. The summed E-state index contributed by atoms with van der Waals surface area (Å²) < 4.78 is 4.55. The first-order valence-electron chi connectivity index (χ1n) is 6.10. The number of rotatable bonds is 4. The number of carboxylic acid groups (broad SMARTS) is 1. The minimum Gasteiger partial charge on any atom is -0.478 e. The zero-order valence-electron chi connectivity index (χ0n) is 11.0. The molecule has 4 nitrogen and oxygen atoms in total. The van der Waals surface area contributed by atoms with Crippen LogP contribution in [0.4, 0.5) is 0 Å². The van der Waals surface area contributed by atoms with Crippen molar-refractivity contribution in [1.82, 2.24) is 0 Å². The number of carbonyl (C=O) groups is 2. The molecule has 0 saturated carbocycles. The molecule has 0 unspecified atom stereocenters. The topological polar surface area (TPSA) is 63.6 Å². The molecule has 0 aliphatic carbocycles. The zero-order valence-corrected chi connectivity index (χ0v) is 11.0. The molecule has 0 spiro atoms. The molecule has 4 heteroatoms. The summed E-state index contributed by atoms with van der Waals surface area (Å²) in [5, 5.41) is 10.8. The van der Waals surface area contributed by atoms with Crippen LogP contribution < -0.4 is 0 Å². The van der Waals surface area contributed by atoms with E-state index in [2.05, 4.69) is 4.74 Å². The molecule has 0 radical (unpaired) electrons. The third-order valence-corrected chi connectivity index (χ3v) is 2.93. The van der Waals surface area contributed by atoms with Gasteiger partial charge in [-0.3, -0.25) is 4.79 Å². The van der Waals surface area contributed by atoms with Crippen molar-refractivity contribution in [3.63, 3.8) is 0 Å². The SMILES string of the molecule is COC(=O)CC=Cc1ccc2cc(C(=O)O)ccc2c1. The molecular weight excluding hydrogens is 256 g/mol. The Labute approximate surface area is 116 Å². The van der Waals surface area contributed by atoms with Gasteiger partial charge in [0.25, 0.3) is 0 Å². The first-order valence-corrected chi connectivity index (χ1v) is 6.10. The van der Waals surface area contributed by atoms with Crippen LogP contribution in [0.15, 0.2) is 42.5 Å². The summed E-state index contributed by atoms with van der Waals surface area (Å²) in [4.78, 5) is 21.9. The predicted molar refractivity (Wildman–Crippen MR) is 76.6 cm³/mol. The number of methoxy groups -OCH3 is 1. The third-order valence-electron chi connectivity index (χ3n) is 2.93. The minimum atomic E-state index is -0.936. The highest BCUT2D eigenvalue weighted by atomic mass is 16.5. The molecule has 102 valence electrons. The van der Waals surface area contributed by atoms with E-state index < -0.39 is 5.97 Å². The van der Waals surface area contributed by atoms with Crippen molar-refractivity contribution >= 4 is 28.8 Å². The number of hydrogen-bond donors (Lipinski definition) is 1. The molecule has 0 aromatic heterocycles. The Balaban J connectivity index is 2.24. The van der Waals surface area contributed by atoms with E-state index in [9.17, 15) is 9.59 Å². The van der Waals surface area contributed by atoms with Gasteiger partial charge in [0.1, 0.15) is 0 Å². The standard InChI is InChI=1S/C16H14O4/c1-20-15(17)4-2-3-11-5-6-13-10-14(16(18)19)8-7-12(13)9-11/h2-3,5-10H,4H2,1H3,(H,18,19). The smallest absolute Gasteiger partial charge is 0.335 e. The highest BCUT2D eigenvalue weighted by molar-refractivity contribution is 5.95. The van der Waals surface area contributed by atoms with Gasteiger partial charge in [0.05, 0.1) is 19.1 Å². The molecular formula is C16H14O4. The van der Waals surface area contributed by atoms with Crippen LogP contribution >= 0.6 is 0 Å². The molecule has 2 rings (SSSR count). The number of esters is 1. The van der Waals surface area contributed by atoms with E-state index in [-0.39, 0.29) is 18.0 Å². The van der Waals surface area contributed by atoms with Crippen molar-refractivity contribution in [2.24, 2.45) is 0 Å². The van der Waals surface area contributed by atoms with E-state index in [0.29, 0.717) is 0 Å². The van der Waals surface area contributed by atoms with E-state index in [1.807, 2.05) is 24.3 Å². The quantitative estimate of drug-likeness (QED) is 0.867. The van der Waals surface area contributed by atoms with Crippen LogP contribution in [0.25, 0.3) is 16.8 Å². The Morgan fingerprint density at radius 3 is 2.55 bits per heavy atom. The van der Waals surface area contributed by atoms with Gasteiger partial charge in [-0.05, 0) is 34.5 Å². The van der Waals surface area contributed by atoms with Crippen molar-refractivity contribution in [2.75, 3.05) is 7.11 Å². The van der Waals surface area contributed by atoms with Crippen LogP contribution in [0.1, 0.15) is 22.3 Å². The van der Waals surface area contributed by atoms with E-state index in [4.69, 9.17) is 5.11 Å². The van der Waals surface area contributed by atoms with Gasteiger partial charge >= 0.3 is 11.9 Å². The van der Waals surface area contributed by atoms with Gasteiger partial charge in [-0.1, -0.05) is 30.4 Å². The van der Waals surface area contributed by atoms with Crippen molar-refractivity contribution in [2.45, 2.75) is 6.42 Å². The molecule has 0 atom stereocenters. The predicted octanol–water partition coefficient (Wildman–Crippen LogP) is 3.11. The van der Waals surface area contributed by atoms with Crippen LogP contribution in [-0.4, -0.2) is 24.2 Å². The van der Waals surface area contributed by atoms with E-state index in [0.717, 1.165) is 16.3 Å². The average Bonchev–Trinajstić information content (AvgIpc) is 2.46. The van der Waals surface area contributed by atoms with Gasteiger partial charge < -0.3 is 9.84 Å². The Kier molecular flexibility index (Phi) is 4.15. The summed E-state index contributed by atoms with van der Waals surface area (Å²) in [6.45, 7) is 0. The van der Waals surface area contributed by atoms with Crippen LogP contribution in [-0.2, 0) is 9.53 Å². The van der Waals surface area contributed by atoms with E-state index in [1.54, 1.807) is 24.3 Å². The van der Waals surface area contributed by atoms with Gasteiger partial charge in [-0.25, -0.2) is 4.79 Å². The first kappa shape index (κ1) is 13.8. The second-order valence-electron chi connectivity index (χ2n) is 4.31. The van der Waals surface area contributed by atoms with Gasteiger partial charge in [-0.2, -0.15) is 0 Å². The first-order chi connectivity index (χ1) is 9.60. The maximum atomic E-state index is 11.0. The van der Waals surface area contributed by atoms with Gasteiger partial charge in [0.15, 0.2) is 0 Å². The minimum absolute atomic E-state index is 0.229. The monoisotopic (exact) mass is 270 g/mol. The summed E-state index contributed by atoms with van der Waals surface area (Å²) in [7, 11) is 1.35. The molecule has 2 aromatic carbocycles. The maximum Gasteiger partial charge on any atom is 0.335 e. The van der Waals surface area contributed by atoms with Crippen molar-refractivity contribution in [3.05, 3.63) is 53.6 Å². The summed E-state index contributed by atoms with van der Waals surface area (Å²) in [5.74, 6) is -1.22. The Morgan fingerprint density at radius 2 is 1.85 bits per heavy atom. The van der Waals surface area contributed by atoms with Crippen LogP contribution in [0, 0.1) is 0 Å². The summed E-state index contributed by atoms with van der Waals surface area (Å²) in [6, 6.07) is 10.7. The van der Waals surface area contributed by atoms with Gasteiger partial charge in [-0.15, -0.1) is 0 Å². The maximum absolute atomic E-state index is 11.0. The van der Waals surface area contributed by atoms with Crippen molar-refractivity contribution < 1.29 is 19.4 Å². The Bertz CT molecular complexity index is 686. The second-order valence-corrected chi connectivity index (χ2v) is 4.31. The lowest BCUT2D eigenvalue weighted by atomic mass is 10.0. The number of aromatic carboxylic acids is 1. The number of carboxylic acids is 1.